The van der Waals surface area contributed by atoms with Gasteiger partial charge in [0.15, 0.2) is 0 Å². The zero-order chi connectivity index (χ0) is 27.9. The smallest absolute Gasteiger partial charge is 0.0540 e. The van der Waals surface area contributed by atoms with Crippen LogP contribution in [-0.2, 0) is 0 Å². The SMILES string of the molecule is c1ccc(-c2ccc(N(c3ccccc3)c3ccccc3-c3cccc4ccc5sc6ccccc6c5c34)cc2)cc1. The molecule has 2 heteroatoms. The highest BCUT2D eigenvalue weighted by molar-refractivity contribution is 7.26. The Bertz CT molecular complexity index is 2180. The van der Waals surface area contributed by atoms with E-state index >= 15 is 0 Å². The van der Waals surface area contributed by atoms with Gasteiger partial charge in [-0.2, -0.15) is 0 Å². The zero-order valence-corrected chi connectivity index (χ0v) is 23.8. The van der Waals surface area contributed by atoms with Gasteiger partial charge in [0.05, 0.1) is 5.69 Å². The fraction of sp³-hybridized carbons (Fsp3) is 0. The molecule has 0 radical (unpaired) electrons. The molecule has 8 aromatic rings. The lowest BCUT2D eigenvalue weighted by Gasteiger charge is -2.28. The lowest BCUT2D eigenvalue weighted by Crippen LogP contribution is -2.11. The van der Waals surface area contributed by atoms with Crippen LogP contribution >= 0.6 is 11.3 Å². The van der Waals surface area contributed by atoms with Crippen LogP contribution in [0.15, 0.2) is 164 Å². The summed E-state index contributed by atoms with van der Waals surface area (Å²) in [4.78, 5) is 2.38. The summed E-state index contributed by atoms with van der Waals surface area (Å²) in [5, 5.41) is 5.24. The van der Waals surface area contributed by atoms with Crippen LogP contribution in [0.5, 0.6) is 0 Å². The maximum atomic E-state index is 2.38. The molecular formula is C40H27NS. The topological polar surface area (TPSA) is 3.24 Å². The van der Waals surface area contributed by atoms with E-state index < -0.39 is 0 Å². The van der Waals surface area contributed by atoms with Gasteiger partial charge in [0.25, 0.3) is 0 Å². The number of rotatable bonds is 5. The molecule has 0 amide bonds. The minimum atomic E-state index is 1.12. The van der Waals surface area contributed by atoms with Crippen molar-refractivity contribution in [3.05, 3.63) is 164 Å². The van der Waals surface area contributed by atoms with E-state index in [9.17, 15) is 0 Å². The second-order valence-electron chi connectivity index (χ2n) is 10.5. The summed E-state index contributed by atoms with van der Waals surface area (Å²) in [6.07, 6.45) is 0. The number of hydrogen-bond acceptors (Lipinski definition) is 2. The fourth-order valence-electron chi connectivity index (χ4n) is 6.15. The first kappa shape index (κ1) is 24.6. The number of anilines is 3. The number of thiophene rings is 1. The summed E-state index contributed by atoms with van der Waals surface area (Å²) < 4.78 is 2.65. The molecule has 0 unspecified atom stereocenters. The van der Waals surface area contributed by atoms with Gasteiger partial charge in [-0.3, -0.25) is 0 Å². The van der Waals surface area contributed by atoms with E-state index in [1.807, 2.05) is 11.3 Å². The van der Waals surface area contributed by atoms with Gasteiger partial charge in [-0.05, 0) is 69.9 Å². The highest BCUT2D eigenvalue weighted by Gasteiger charge is 2.20. The van der Waals surface area contributed by atoms with Crippen LogP contribution in [0.25, 0.3) is 53.2 Å². The van der Waals surface area contributed by atoms with Gasteiger partial charge in [-0.25, -0.2) is 0 Å². The first-order chi connectivity index (χ1) is 20.8. The first-order valence-electron chi connectivity index (χ1n) is 14.3. The standard InChI is InChI=1S/C40H27NS/c1-3-12-28(13-4-1)29-22-25-32(26-23-29)41(31-15-5-2-6-16-31)36-20-9-7-17-33(36)34-19-11-14-30-24-27-38-40(39(30)34)35-18-8-10-21-37(35)42-38/h1-27H. The second kappa shape index (κ2) is 10.3. The molecule has 198 valence electrons. The minimum absolute atomic E-state index is 1.12. The largest absolute Gasteiger partial charge is 0.310 e. The molecule has 0 aliphatic carbocycles. The van der Waals surface area contributed by atoms with Crippen LogP contribution in [-0.4, -0.2) is 0 Å². The molecule has 0 fully saturated rings. The molecule has 8 rings (SSSR count). The van der Waals surface area contributed by atoms with Gasteiger partial charge in [0.1, 0.15) is 0 Å². The van der Waals surface area contributed by atoms with Crippen LogP contribution < -0.4 is 4.90 Å². The molecule has 42 heavy (non-hydrogen) atoms. The van der Waals surface area contributed by atoms with Crippen LogP contribution in [0, 0.1) is 0 Å². The highest BCUT2D eigenvalue weighted by atomic mass is 32.1. The van der Waals surface area contributed by atoms with Crippen LogP contribution in [0.3, 0.4) is 0 Å². The third-order valence-electron chi connectivity index (χ3n) is 8.07. The average Bonchev–Trinajstić information content (AvgIpc) is 3.45. The maximum absolute atomic E-state index is 2.38. The molecular weight excluding hydrogens is 527 g/mol. The molecule has 0 saturated carbocycles. The van der Waals surface area contributed by atoms with Gasteiger partial charge in [-0.15, -0.1) is 11.3 Å². The molecule has 7 aromatic carbocycles. The van der Waals surface area contributed by atoms with E-state index in [0.717, 1.165) is 17.1 Å². The highest BCUT2D eigenvalue weighted by Crippen LogP contribution is 2.46. The average molecular weight is 554 g/mol. The lowest BCUT2D eigenvalue weighted by atomic mass is 9.93. The summed E-state index contributed by atoms with van der Waals surface area (Å²) in [5.41, 5.74) is 8.30. The monoisotopic (exact) mass is 553 g/mol. The molecule has 0 N–H and O–H groups in total. The summed E-state index contributed by atoms with van der Waals surface area (Å²) in [6.45, 7) is 0. The van der Waals surface area contributed by atoms with Gasteiger partial charge in [0, 0.05) is 37.1 Å². The predicted octanol–water partition coefficient (Wildman–Crippen LogP) is 12.0. The van der Waals surface area contributed by atoms with Crippen molar-refractivity contribution >= 4 is 59.3 Å². The van der Waals surface area contributed by atoms with Crippen molar-refractivity contribution in [2.24, 2.45) is 0 Å². The molecule has 1 heterocycles. The second-order valence-corrected chi connectivity index (χ2v) is 11.6. The summed E-state index contributed by atoms with van der Waals surface area (Å²) >= 11 is 1.87. The fourth-order valence-corrected chi connectivity index (χ4v) is 7.27. The molecule has 1 nitrogen and oxygen atoms in total. The summed E-state index contributed by atoms with van der Waals surface area (Å²) in [7, 11) is 0. The Morgan fingerprint density at radius 2 is 1.02 bits per heavy atom. The van der Waals surface area contributed by atoms with Crippen molar-refractivity contribution in [3.63, 3.8) is 0 Å². The van der Waals surface area contributed by atoms with E-state index in [0.29, 0.717) is 0 Å². The molecule has 1 aromatic heterocycles. The molecule has 0 aliphatic heterocycles. The third-order valence-corrected chi connectivity index (χ3v) is 9.20. The number of fused-ring (bicyclic) bond motifs is 5. The van der Waals surface area contributed by atoms with Gasteiger partial charge >= 0.3 is 0 Å². The van der Waals surface area contributed by atoms with Crippen molar-refractivity contribution < 1.29 is 0 Å². The number of para-hydroxylation sites is 2. The minimum Gasteiger partial charge on any atom is -0.310 e. The quantitative estimate of drug-likeness (QED) is 0.205. The zero-order valence-electron chi connectivity index (χ0n) is 22.9. The Balaban J connectivity index is 1.37. The number of nitrogens with zero attached hydrogens (tertiary/aromatic N) is 1. The Kier molecular flexibility index (Phi) is 6.05. The van der Waals surface area contributed by atoms with Crippen molar-refractivity contribution in [3.8, 4) is 22.3 Å². The third kappa shape index (κ3) is 4.16. The number of hydrogen-bond donors (Lipinski definition) is 0. The van der Waals surface area contributed by atoms with Crippen LogP contribution in [0.1, 0.15) is 0 Å². The normalized spacial score (nSPS) is 11.3. The summed E-state index contributed by atoms with van der Waals surface area (Å²) in [6, 6.07) is 59.1. The number of benzene rings is 7. The van der Waals surface area contributed by atoms with Crippen molar-refractivity contribution in [1.29, 1.82) is 0 Å². The van der Waals surface area contributed by atoms with Crippen molar-refractivity contribution in [1.82, 2.24) is 0 Å². The predicted molar refractivity (Wildman–Crippen MR) is 182 cm³/mol. The van der Waals surface area contributed by atoms with E-state index in [2.05, 4.69) is 169 Å². The van der Waals surface area contributed by atoms with Gasteiger partial charge in [0.2, 0.25) is 0 Å². The van der Waals surface area contributed by atoms with E-state index in [-0.39, 0.29) is 0 Å². The summed E-state index contributed by atoms with van der Waals surface area (Å²) in [5.74, 6) is 0. The van der Waals surface area contributed by atoms with E-state index in [1.54, 1.807) is 0 Å². The van der Waals surface area contributed by atoms with E-state index in [1.165, 1.54) is 53.2 Å². The van der Waals surface area contributed by atoms with Gasteiger partial charge < -0.3 is 4.90 Å². The first-order valence-corrected chi connectivity index (χ1v) is 15.1. The molecule has 0 atom stereocenters. The maximum Gasteiger partial charge on any atom is 0.0540 e. The Morgan fingerprint density at radius 3 is 1.86 bits per heavy atom. The molecule has 0 spiro atoms. The van der Waals surface area contributed by atoms with Crippen molar-refractivity contribution in [2.75, 3.05) is 4.90 Å². The lowest BCUT2D eigenvalue weighted by molar-refractivity contribution is 1.28. The molecule has 0 saturated heterocycles. The Labute approximate surface area is 249 Å². The van der Waals surface area contributed by atoms with Gasteiger partial charge in [-0.1, -0.05) is 121 Å². The van der Waals surface area contributed by atoms with Crippen molar-refractivity contribution in [2.45, 2.75) is 0 Å². The van der Waals surface area contributed by atoms with Crippen LogP contribution in [0.2, 0.25) is 0 Å². The Morgan fingerprint density at radius 1 is 0.381 bits per heavy atom. The molecule has 0 aliphatic rings. The van der Waals surface area contributed by atoms with E-state index in [4.69, 9.17) is 0 Å². The molecule has 0 bridgehead atoms. The Hall–Kier alpha value is -5.18. The van der Waals surface area contributed by atoms with Crippen LogP contribution in [0.4, 0.5) is 17.1 Å².